The van der Waals surface area contributed by atoms with E-state index in [9.17, 15) is 0 Å². The number of fused-ring (bicyclic) bond motifs is 1. The predicted molar refractivity (Wildman–Crippen MR) is 80.4 cm³/mol. The molecule has 3 rings (SSSR count). The first-order chi connectivity index (χ1) is 8.85. The summed E-state index contributed by atoms with van der Waals surface area (Å²) in [5, 5.41) is 4.64. The van der Waals surface area contributed by atoms with E-state index in [1.54, 1.807) is 23.3 Å². The molecule has 0 unspecified atom stereocenters. The molecule has 5 heteroatoms. The molecule has 96 valence electrons. The molecular formula is C13H17N3S2. The van der Waals surface area contributed by atoms with Gasteiger partial charge in [-0.2, -0.15) is 0 Å². The SMILES string of the molecule is CNSc1ccc2nc(NC3CCCC3)sc2c1. The Morgan fingerprint density at radius 1 is 1.33 bits per heavy atom. The minimum Gasteiger partial charge on any atom is -0.359 e. The molecule has 1 aliphatic carbocycles. The molecule has 1 aromatic heterocycles. The van der Waals surface area contributed by atoms with Crippen LogP contribution in [-0.4, -0.2) is 18.1 Å². The van der Waals surface area contributed by atoms with Gasteiger partial charge in [0.25, 0.3) is 0 Å². The Kier molecular flexibility index (Phi) is 3.72. The maximum absolute atomic E-state index is 4.66. The van der Waals surface area contributed by atoms with Gasteiger partial charge in [-0.05, 0) is 50.0 Å². The number of hydrogen-bond acceptors (Lipinski definition) is 5. The fourth-order valence-corrected chi connectivity index (χ4v) is 4.00. The van der Waals surface area contributed by atoms with Gasteiger partial charge in [0.2, 0.25) is 0 Å². The maximum Gasteiger partial charge on any atom is 0.184 e. The highest BCUT2D eigenvalue weighted by Crippen LogP contribution is 2.31. The van der Waals surface area contributed by atoms with Gasteiger partial charge in [0, 0.05) is 10.9 Å². The number of rotatable bonds is 4. The summed E-state index contributed by atoms with van der Waals surface area (Å²) in [7, 11) is 1.94. The highest BCUT2D eigenvalue weighted by Gasteiger charge is 2.16. The average Bonchev–Trinajstić information content (AvgIpc) is 2.98. The largest absolute Gasteiger partial charge is 0.359 e. The summed E-state index contributed by atoms with van der Waals surface area (Å²) in [4.78, 5) is 5.89. The van der Waals surface area contributed by atoms with E-state index in [1.165, 1.54) is 35.3 Å². The first-order valence-corrected chi connectivity index (χ1v) is 7.99. The van der Waals surface area contributed by atoms with E-state index >= 15 is 0 Å². The molecule has 0 atom stereocenters. The molecule has 3 nitrogen and oxygen atoms in total. The second kappa shape index (κ2) is 5.47. The van der Waals surface area contributed by atoms with Crippen molar-refractivity contribution in [2.45, 2.75) is 36.6 Å². The van der Waals surface area contributed by atoms with E-state index in [2.05, 4.69) is 33.2 Å². The van der Waals surface area contributed by atoms with Gasteiger partial charge in [-0.15, -0.1) is 0 Å². The third-order valence-corrected chi connectivity index (χ3v) is 4.91. The first kappa shape index (κ1) is 12.3. The standard InChI is InChI=1S/C13H17N3S2/c1-14-18-10-6-7-11-12(8-10)17-13(16-11)15-9-4-2-3-5-9/h6-9,14H,2-5H2,1H3,(H,15,16). The van der Waals surface area contributed by atoms with Crippen LogP contribution in [0.5, 0.6) is 0 Å². The van der Waals surface area contributed by atoms with E-state index in [4.69, 9.17) is 0 Å². The Morgan fingerprint density at radius 3 is 2.94 bits per heavy atom. The number of nitrogens with one attached hydrogen (secondary N) is 2. The van der Waals surface area contributed by atoms with Crippen molar-refractivity contribution in [3.05, 3.63) is 18.2 Å². The summed E-state index contributed by atoms with van der Waals surface area (Å²) in [5.74, 6) is 0. The van der Waals surface area contributed by atoms with E-state index in [1.807, 2.05) is 7.05 Å². The second-order valence-electron chi connectivity index (χ2n) is 4.58. The third kappa shape index (κ3) is 2.63. The zero-order valence-electron chi connectivity index (χ0n) is 10.4. The molecule has 18 heavy (non-hydrogen) atoms. The molecule has 1 heterocycles. The molecule has 2 N–H and O–H groups in total. The van der Waals surface area contributed by atoms with Crippen molar-refractivity contribution in [3.8, 4) is 0 Å². The fourth-order valence-electron chi connectivity index (χ4n) is 2.39. The average molecular weight is 279 g/mol. The van der Waals surface area contributed by atoms with Gasteiger partial charge in [-0.1, -0.05) is 24.2 Å². The van der Waals surface area contributed by atoms with Crippen molar-refractivity contribution in [2.24, 2.45) is 0 Å². The van der Waals surface area contributed by atoms with Gasteiger partial charge in [0.1, 0.15) is 0 Å². The van der Waals surface area contributed by atoms with Crippen molar-refractivity contribution in [1.29, 1.82) is 0 Å². The summed E-state index contributed by atoms with van der Waals surface area (Å²) in [6, 6.07) is 7.05. The van der Waals surface area contributed by atoms with Crippen LogP contribution in [0.25, 0.3) is 10.2 Å². The molecule has 0 saturated heterocycles. The van der Waals surface area contributed by atoms with Crippen molar-refractivity contribution < 1.29 is 0 Å². The van der Waals surface area contributed by atoms with E-state index < -0.39 is 0 Å². The van der Waals surface area contributed by atoms with Gasteiger partial charge in [-0.25, -0.2) is 4.98 Å². The number of benzene rings is 1. The number of thiazole rings is 1. The Balaban J connectivity index is 1.81. The van der Waals surface area contributed by atoms with Gasteiger partial charge >= 0.3 is 0 Å². The van der Waals surface area contributed by atoms with E-state index in [0.29, 0.717) is 6.04 Å². The summed E-state index contributed by atoms with van der Waals surface area (Å²) in [6.07, 6.45) is 5.28. The number of nitrogens with zero attached hydrogens (tertiary/aromatic N) is 1. The van der Waals surface area contributed by atoms with Gasteiger partial charge in [-0.3, -0.25) is 4.72 Å². The van der Waals surface area contributed by atoms with Crippen molar-refractivity contribution in [3.63, 3.8) is 0 Å². The smallest absolute Gasteiger partial charge is 0.184 e. The first-order valence-electron chi connectivity index (χ1n) is 6.36. The topological polar surface area (TPSA) is 37.0 Å². The third-order valence-electron chi connectivity index (χ3n) is 3.26. The molecule has 0 aliphatic heterocycles. The Bertz CT molecular complexity index is 532. The van der Waals surface area contributed by atoms with Crippen LogP contribution in [0.1, 0.15) is 25.7 Å². The molecule has 0 spiro atoms. The molecule has 1 fully saturated rings. The van der Waals surface area contributed by atoms with Crippen LogP contribution in [0.2, 0.25) is 0 Å². The van der Waals surface area contributed by atoms with Gasteiger partial charge < -0.3 is 5.32 Å². The lowest BCUT2D eigenvalue weighted by Crippen LogP contribution is -2.13. The Labute approximate surface area is 116 Å². The summed E-state index contributed by atoms with van der Waals surface area (Å²) >= 11 is 3.40. The number of anilines is 1. The molecular weight excluding hydrogens is 262 g/mol. The zero-order valence-corrected chi connectivity index (χ0v) is 12.0. The molecule has 2 aromatic rings. The van der Waals surface area contributed by atoms with Gasteiger partial charge in [0.05, 0.1) is 10.2 Å². The molecule has 0 bridgehead atoms. The van der Waals surface area contributed by atoms with E-state index in [0.717, 1.165) is 10.6 Å². The summed E-state index contributed by atoms with van der Waals surface area (Å²) in [6.45, 7) is 0. The van der Waals surface area contributed by atoms with Crippen LogP contribution in [0, 0.1) is 0 Å². The van der Waals surface area contributed by atoms with E-state index in [-0.39, 0.29) is 0 Å². The van der Waals surface area contributed by atoms with Crippen molar-refractivity contribution >= 4 is 38.6 Å². The van der Waals surface area contributed by atoms with Crippen LogP contribution < -0.4 is 10.0 Å². The highest BCUT2D eigenvalue weighted by atomic mass is 32.2. The number of hydrogen-bond donors (Lipinski definition) is 2. The minimum atomic E-state index is 0.636. The van der Waals surface area contributed by atoms with Crippen molar-refractivity contribution in [1.82, 2.24) is 9.71 Å². The molecule has 1 saturated carbocycles. The summed E-state index contributed by atoms with van der Waals surface area (Å²) in [5.41, 5.74) is 1.10. The van der Waals surface area contributed by atoms with Crippen LogP contribution >= 0.6 is 23.3 Å². The Hall–Kier alpha value is -0.780. The normalized spacial score (nSPS) is 16.5. The number of aromatic nitrogens is 1. The lowest BCUT2D eigenvalue weighted by Gasteiger charge is -2.09. The Morgan fingerprint density at radius 2 is 2.17 bits per heavy atom. The minimum absolute atomic E-state index is 0.636. The quantitative estimate of drug-likeness (QED) is 0.833. The fraction of sp³-hybridized carbons (Fsp3) is 0.462. The van der Waals surface area contributed by atoms with Crippen LogP contribution in [0.15, 0.2) is 23.1 Å². The highest BCUT2D eigenvalue weighted by molar-refractivity contribution is 7.97. The second-order valence-corrected chi connectivity index (χ2v) is 6.69. The van der Waals surface area contributed by atoms with Crippen LogP contribution in [-0.2, 0) is 0 Å². The summed E-state index contributed by atoms with van der Waals surface area (Å²) < 4.78 is 4.36. The zero-order chi connectivity index (χ0) is 12.4. The van der Waals surface area contributed by atoms with Gasteiger partial charge in [0.15, 0.2) is 5.13 Å². The van der Waals surface area contributed by atoms with Crippen molar-refractivity contribution in [2.75, 3.05) is 12.4 Å². The molecule has 0 amide bonds. The lowest BCUT2D eigenvalue weighted by atomic mass is 10.3. The predicted octanol–water partition coefficient (Wildman–Crippen LogP) is 3.88. The van der Waals surface area contributed by atoms with Crippen LogP contribution in [0.4, 0.5) is 5.13 Å². The molecule has 1 aliphatic rings. The molecule has 1 aromatic carbocycles. The lowest BCUT2D eigenvalue weighted by molar-refractivity contribution is 0.754. The monoisotopic (exact) mass is 279 g/mol. The maximum atomic E-state index is 4.66. The van der Waals surface area contributed by atoms with Crippen LogP contribution in [0.3, 0.4) is 0 Å². The molecule has 0 radical (unpaired) electrons.